The zero-order valence-corrected chi connectivity index (χ0v) is 22.1. The number of anilines is 2. The van der Waals surface area contributed by atoms with Crippen molar-refractivity contribution in [1.82, 2.24) is 34.4 Å². The molecular weight excluding hydrogens is 478 g/mol. The number of nitrogens with zero attached hydrogens (tertiary/aromatic N) is 7. The molecule has 0 atom stereocenters. The van der Waals surface area contributed by atoms with Crippen LogP contribution in [0.1, 0.15) is 36.1 Å². The lowest BCUT2D eigenvalue weighted by molar-refractivity contribution is 0.102. The third-order valence-electron chi connectivity index (χ3n) is 7.18. The van der Waals surface area contributed by atoms with Crippen LogP contribution < -0.4 is 10.2 Å². The Balaban J connectivity index is 1.25. The van der Waals surface area contributed by atoms with Crippen molar-refractivity contribution in [3.05, 3.63) is 60.4 Å². The number of fused-ring (bicyclic) bond motifs is 2. The van der Waals surface area contributed by atoms with Crippen molar-refractivity contribution in [2.45, 2.75) is 26.8 Å². The predicted molar refractivity (Wildman–Crippen MR) is 150 cm³/mol. The summed E-state index contributed by atoms with van der Waals surface area (Å²) in [5.41, 5.74) is 5.41. The topological polar surface area (TPSA) is 108 Å². The Kier molecular flexibility index (Phi) is 6.03. The summed E-state index contributed by atoms with van der Waals surface area (Å²) in [5, 5.41) is 3.81. The second-order valence-electron chi connectivity index (χ2n) is 10.2. The van der Waals surface area contributed by atoms with Gasteiger partial charge in [-0.3, -0.25) is 4.79 Å². The number of hydrogen-bond donors (Lipinski definition) is 2. The van der Waals surface area contributed by atoms with E-state index in [4.69, 9.17) is 0 Å². The molecule has 0 aromatic carbocycles. The van der Waals surface area contributed by atoms with Crippen LogP contribution in [0.25, 0.3) is 33.3 Å². The fourth-order valence-electron chi connectivity index (χ4n) is 5.14. The van der Waals surface area contributed by atoms with Crippen LogP contribution in [0.4, 0.5) is 11.5 Å². The zero-order valence-electron chi connectivity index (χ0n) is 22.1. The summed E-state index contributed by atoms with van der Waals surface area (Å²) in [7, 11) is 2.13. The van der Waals surface area contributed by atoms with Gasteiger partial charge >= 0.3 is 0 Å². The van der Waals surface area contributed by atoms with Crippen molar-refractivity contribution in [2.24, 2.45) is 0 Å². The smallest absolute Gasteiger partial charge is 0.257 e. The molecule has 5 aromatic heterocycles. The summed E-state index contributed by atoms with van der Waals surface area (Å²) in [4.78, 5) is 39.2. The lowest BCUT2D eigenvalue weighted by Gasteiger charge is -2.33. The molecule has 0 bridgehead atoms. The number of rotatable bonds is 5. The molecule has 0 aliphatic carbocycles. The fraction of sp³-hybridized carbons (Fsp3) is 0.321. The van der Waals surface area contributed by atoms with Crippen LogP contribution in [0, 0.1) is 6.92 Å². The van der Waals surface area contributed by atoms with E-state index in [-0.39, 0.29) is 11.9 Å². The Morgan fingerprint density at radius 2 is 1.84 bits per heavy atom. The van der Waals surface area contributed by atoms with Crippen LogP contribution in [0.5, 0.6) is 0 Å². The second kappa shape index (κ2) is 9.53. The summed E-state index contributed by atoms with van der Waals surface area (Å²) in [6, 6.07) is 8.09. The van der Waals surface area contributed by atoms with Crippen molar-refractivity contribution in [1.29, 1.82) is 0 Å². The molecule has 1 aliphatic heterocycles. The highest BCUT2D eigenvalue weighted by Gasteiger charge is 2.17. The maximum absolute atomic E-state index is 13.1. The normalized spacial score (nSPS) is 14.6. The molecule has 1 aliphatic rings. The Morgan fingerprint density at radius 1 is 1.03 bits per heavy atom. The number of likely N-dealkylation sites (N-methyl/N-ethyl adjacent to an activating group) is 1. The van der Waals surface area contributed by atoms with E-state index < -0.39 is 0 Å². The number of piperazine rings is 1. The number of nitrogens with one attached hydrogen (secondary N) is 2. The Bertz CT molecular complexity index is 1630. The lowest BCUT2D eigenvalue weighted by Crippen LogP contribution is -2.44. The molecule has 10 heteroatoms. The first kappa shape index (κ1) is 24.1. The molecule has 194 valence electrons. The van der Waals surface area contributed by atoms with Crippen LogP contribution >= 0.6 is 0 Å². The van der Waals surface area contributed by atoms with Crippen LogP contribution in [0.3, 0.4) is 0 Å². The van der Waals surface area contributed by atoms with Crippen LogP contribution in [0.2, 0.25) is 0 Å². The fourth-order valence-corrected chi connectivity index (χ4v) is 5.14. The van der Waals surface area contributed by atoms with Gasteiger partial charge in [0.1, 0.15) is 17.3 Å². The zero-order chi connectivity index (χ0) is 26.4. The van der Waals surface area contributed by atoms with Gasteiger partial charge in [0.25, 0.3) is 5.91 Å². The van der Waals surface area contributed by atoms with Gasteiger partial charge < -0.3 is 24.7 Å². The van der Waals surface area contributed by atoms with Gasteiger partial charge in [-0.15, -0.1) is 0 Å². The number of pyridine rings is 3. The SMILES string of the molecule is Cc1nc2ncc(-c3c[nH]c4ncc(C(=O)Nc5ccc(N6CCN(C)CC6)nc5)cc34)cc2n1C(C)C. The summed E-state index contributed by atoms with van der Waals surface area (Å²) in [5.74, 6) is 1.63. The van der Waals surface area contributed by atoms with Crippen LogP contribution in [-0.2, 0) is 0 Å². The van der Waals surface area contributed by atoms with E-state index in [0.29, 0.717) is 16.9 Å². The summed E-state index contributed by atoms with van der Waals surface area (Å²) in [6.45, 7) is 10.2. The molecule has 1 fully saturated rings. The quantitative estimate of drug-likeness (QED) is 0.364. The van der Waals surface area contributed by atoms with Gasteiger partial charge in [-0.25, -0.2) is 19.9 Å². The first-order valence-electron chi connectivity index (χ1n) is 12.9. The highest BCUT2D eigenvalue weighted by atomic mass is 16.1. The number of aromatic nitrogens is 6. The summed E-state index contributed by atoms with van der Waals surface area (Å²) < 4.78 is 2.18. The number of aromatic amines is 1. The summed E-state index contributed by atoms with van der Waals surface area (Å²) in [6.07, 6.45) is 7.02. The monoisotopic (exact) mass is 509 g/mol. The number of imidazole rings is 1. The Labute approximate surface area is 220 Å². The molecule has 6 heterocycles. The number of aryl methyl sites for hydroxylation is 1. The van der Waals surface area contributed by atoms with Gasteiger partial charge in [-0.2, -0.15) is 0 Å². The van der Waals surface area contributed by atoms with E-state index in [1.54, 1.807) is 12.4 Å². The van der Waals surface area contributed by atoms with E-state index in [1.165, 1.54) is 0 Å². The van der Waals surface area contributed by atoms with Crippen molar-refractivity contribution in [2.75, 3.05) is 43.4 Å². The summed E-state index contributed by atoms with van der Waals surface area (Å²) >= 11 is 0. The highest BCUT2D eigenvalue weighted by molar-refractivity contribution is 6.07. The minimum atomic E-state index is -0.234. The molecule has 0 unspecified atom stereocenters. The average Bonchev–Trinajstić information content (AvgIpc) is 3.48. The average molecular weight is 510 g/mol. The van der Waals surface area contributed by atoms with Crippen LogP contribution in [-0.4, -0.2) is 73.5 Å². The molecule has 6 rings (SSSR count). The number of carbonyl (C=O) groups is 1. The minimum Gasteiger partial charge on any atom is -0.354 e. The molecule has 10 nitrogen and oxygen atoms in total. The van der Waals surface area contributed by atoms with Crippen LogP contribution in [0.15, 0.2) is 49.1 Å². The van der Waals surface area contributed by atoms with Gasteiger partial charge in [0.05, 0.1) is 23.0 Å². The van der Waals surface area contributed by atoms with Gasteiger partial charge in [-0.1, -0.05) is 0 Å². The lowest BCUT2D eigenvalue weighted by atomic mass is 10.1. The van der Waals surface area contributed by atoms with Crippen molar-refractivity contribution >= 4 is 39.6 Å². The molecular formula is C28H31N9O. The van der Waals surface area contributed by atoms with Crippen molar-refractivity contribution in [3.63, 3.8) is 0 Å². The first-order chi connectivity index (χ1) is 18.4. The van der Waals surface area contributed by atoms with E-state index in [2.05, 4.69) is 71.6 Å². The first-order valence-corrected chi connectivity index (χ1v) is 12.9. The molecule has 0 spiro atoms. The van der Waals surface area contributed by atoms with Gasteiger partial charge in [-0.05, 0) is 52.1 Å². The van der Waals surface area contributed by atoms with Gasteiger partial charge in [0, 0.05) is 67.3 Å². The standard InChI is InChI=1S/C28H31N9O/c1-17(2)37-18(3)33-27-24(37)12-19(13-31-27)23-16-32-26-22(23)11-20(14-30-26)28(38)34-21-5-6-25(29-15-21)36-9-7-35(4)8-10-36/h5-6,11-17H,7-10H2,1-4H3,(H,30,32)(H,34,38). The number of hydrogen-bond acceptors (Lipinski definition) is 7. The van der Waals surface area contributed by atoms with Crippen molar-refractivity contribution < 1.29 is 4.79 Å². The number of carbonyl (C=O) groups excluding carboxylic acids is 1. The molecule has 1 saturated heterocycles. The maximum Gasteiger partial charge on any atom is 0.257 e. The van der Waals surface area contributed by atoms with E-state index in [1.807, 2.05) is 37.5 Å². The van der Waals surface area contributed by atoms with E-state index >= 15 is 0 Å². The third kappa shape index (κ3) is 4.37. The van der Waals surface area contributed by atoms with E-state index in [0.717, 1.165) is 65.5 Å². The number of H-pyrrole nitrogens is 1. The molecule has 38 heavy (non-hydrogen) atoms. The molecule has 5 aromatic rings. The van der Waals surface area contributed by atoms with E-state index in [9.17, 15) is 4.79 Å². The number of amides is 1. The minimum absolute atomic E-state index is 0.234. The Morgan fingerprint density at radius 3 is 2.58 bits per heavy atom. The molecule has 0 saturated carbocycles. The second-order valence-corrected chi connectivity index (χ2v) is 10.2. The maximum atomic E-state index is 13.1. The Hall–Kier alpha value is -4.31. The predicted octanol–water partition coefficient (Wildman–Crippen LogP) is 4.26. The largest absolute Gasteiger partial charge is 0.354 e. The van der Waals surface area contributed by atoms with Gasteiger partial charge in [0.15, 0.2) is 5.65 Å². The third-order valence-corrected chi connectivity index (χ3v) is 7.18. The molecule has 0 radical (unpaired) electrons. The molecule has 2 N–H and O–H groups in total. The highest BCUT2D eigenvalue weighted by Crippen LogP contribution is 2.31. The van der Waals surface area contributed by atoms with Gasteiger partial charge in [0.2, 0.25) is 0 Å². The van der Waals surface area contributed by atoms with Crippen molar-refractivity contribution in [3.8, 4) is 11.1 Å². The molecule has 1 amide bonds.